The maximum absolute atomic E-state index is 11.8. The molecule has 106 valence electrons. The first-order valence-corrected chi connectivity index (χ1v) is 7.50. The number of carbonyl (C=O) groups excluding carboxylic acids is 1. The van der Waals surface area contributed by atoms with Crippen molar-refractivity contribution >= 4 is 17.7 Å². The Kier molecular flexibility index (Phi) is 5.95. The van der Waals surface area contributed by atoms with Gasteiger partial charge >= 0.3 is 0 Å². The Bertz CT molecular complexity index is 271. The number of hydrogen-bond acceptors (Lipinski definition) is 4. The van der Waals surface area contributed by atoms with E-state index in [2.05, 4.69) is 31.4 Å². The summed E-state index contributed by atoms with van der Waals surface area (Å²) in [4.78, 5) is 11.8. The molecule has 0 radical (unpaired) electrons. The normalized spacial score (nSPS) is 24.2. The molecule has 18 heavy (non-hydrogen) atoms. The SMILES string of the molecule is COCC1(CNC(=O)CSC(C)(C)C)CCCN1. The molecule has 1 unspecified atom stereocenters. The van der Waals surface area contributed by atoms with Crippen molar-refractivity contribution in [1.82, 2.24) is 10.6 Å². The van der Waals surface area contributed by atoms with Crippen molar-refractivity contribution in [2.75, 3.05) is 32.6 Å². The van der Waals surface area contributed by atoms with Gasteiger partial charge in [0.1, 0.15) is 0 Å². The van der Waals surface area contributed by atoms with E-state index < -0.39 is 0 Å². The van der Waals surface area contributed by atoms with Crippen LogP contribution in [-0.2, 0) is 9.53 Å². The molecule has 1 aliphatic heterocycles. The number of nitrogens with one attached hydrogen (secondary N) is 2. The van der Waals surface area contributed by atoms with E-state index in [-0.39, 0.29) is 16.2 Å². The molecule has 1 saturated heterocycles. The molecule has 0 aromatic rings. The van der Waals surface area contributed by atoms with Gasteiger partial charge in [0.15, 0.2) is 0 Å². The van der Waals surface area contributed by atoms with Gasteiger partial charge in [0.05, 0.1) is 17.9 Å². The molecule has 4 nitrogen and oxygen atoms in total. The van der Waals surface area contributed by atoms with E-state index >= 15 is 0 Å². The second-order valence-corrected chi connectivity index (χ2v) is 7.72. The summed E-state index contributed by atoms with van der Waals surface area (Å²) in [5, 5.41) is 6.47. The molecule has 0 aromatic carbocycles. The summed E-state index contributed by atoms with van der Waals surface area (Å²) >= 11 is 1.67. The highest BCUT2D eigenvalue weighted by atomic mass is 32.2. The van der Waals surface area contributed by atoms with Crippen LogP contribution in [0.25, 0.3) is 0 Å². The summed E-state index contributed by atoms with van der Waals surface area (Å²) in [7, 11) is 1.71. The number of thioether (sulfide) groups is 1. The molecule has 1 atom stereocenters. The molecule has 1 aliphatic rings. The molecular formula is C13H26N2O2S. The molecule has 2 N–H and O–H groups in total. The second kappa shape index (κ2) is 6.78. The first-order chi connectivity index (χ1) is 8.37. The monoisotopic (exact) mass is 274 g/mol. The van der Waals surface area contributed by atoms with Crippen molar-refractivity contribution in [2.24, 2.45) is 0 Å². The van der Waals surface area contributed by atoms with Crippen molar-refractivity contribution in [3.63, 3.8) is 0 Å². The maximum Gasteiger partial charge on any atom is 0.230 e. The number of amides is 1. The Labute approximate surface area is 115 Å². The summed E-state index contributed by atoms with van der Waals surface area (Å²) in [5.41, 5.74) is -0.0587. The number of methoxy groups -OCH3 is 1. The molecule has 1 rings (SSSR count). The van der Waals surface area contributed by atoms with Crippen LogP contribution < -0.4 is 10.6 Å². The molecule has 0 bridgehead atoms. The smallest absolute Gasteiger partial charge is 0.230 e. The van der Waals surface area contributed by atoms with Crippen molar-refractivity contribution in [3.8, 4) is 0 Å². The lowest BCUT2D eigenvalue weighted by Crippen LogP contribution is -2.53. The van der Waals surface area contributed by atoms with Crippen molar-refractivity contribution < 1.29 is 9.53 Å². The highest BCUT2D eigenvalue weighted by molar-refractivity contribution is 8.01. The van der Waals surface area contributed by atoms with E-state index in [4.69, 9.17) is 4.74 Å². The molecule has 0 spiro atoms. The number of ether oxygens (including phenoxy) is 1. The first kappa shape index (κ1) is 15.8. The van der Waals surface area contributed by atoms with Crippen LogP contribution in [0, 0.1) is 0 Å². The molecular weight excluding hydrogens is 248 g/mol. The third kappa shape index (κ3) is 5.59. The van der Waals surface area contributed by atoms with Crippen LogP contribution in [-0.4, -0.2) is 48.8 Å². The van der Waals surface area contributed by atoms with Gasteiger partial charge in [-0.25, -0.2) is 0 Å². The van der Waals surface area contributed by atoms with E-state index in [1.54, 1.807) is 18.9 Å². The molecule has 0 aliphatic carbocycles. The Morgan fingerprint density at radius 2 is 2.22 bits per heavy atom. The molecule has 0 saturated carbocycles. The molecule has 5 heteroatoms. The van der Waals surface area contributed by atoms with E-state index in [0.717, 1.165) is 19.4 Å². The lowest BCUT2D eigenvalue weighted by atomic mass is 9.99. The minimum absolute atomic E-state index is 0.0587. The zero-order valence-corrected chi connectivity index (χ0v) is 12.8. The Morgan fingerprint density at radius 1 is 1.50 bits per heavy atom. The van der Waals surface area contributed by atoms with Gasteiger partial charge < -0.3 is 15.4 Å². The topological polar surface area (TPSA) is 50.4 Å². The number of hydrogen-bond donors (Lipinski definition) is 2. The van der Waals surface area contributed by atoms with Crippen LogP contribution >= 0.6 is 11.8 Å². The maximum atomic E-state index is 11.8. The highest BCUT2D eigenvalue weighted by Gasteiger charge is 2.33. The first-order valence-electron chi connectivity index (χ1n) is 6.52. The quantitative estimate of drug-likeness (QED) is 0.769. The fraction of sp³-hybridized carbons (Fsp3) is 0.923. The van der Waals surface area contributed by atoms with E-state index in [0.29, 0.717) is 18.9 Å². The van der Waals surface area contributed by atoms with Crippen molar-refractivity contribution in [1.29, 1.82) is 0 Å². The van der Waals surface area contributed by atoms with Crippen LogP contribution in [0.2, 0.25) is 0 Å². The average molecular weight is 274 g/mol. The summed E-state index contributed by atoms with van der Waals surface area (Å²) in [5.74, 6) is 0.631. The summed E-state index contributed by atoms with van der Waals surface area (Å²) < 4.78 is 5.39. The van der Waals surface area contributed by atoms with Crippen LogP contribution in [0.15, 0.2) is 0 Å². The van der Waals surface area contributed by atoms with Gasteiger partial charge in [-0.05, 0) is 19.4 Å². The largest absolute Gasteiger partial charge is 0.383 e. The average Bonchev–Trinajstić information content (AvgIpc) is 2.72. The second-order valence-electron chi connectivity index (χ2n) is 5.92. The van der Waals surface area contributed by atoms with Crippen LogP contribution in [0.5, 0.6) is 0 Å². The van der Waals surface area contributed by atoms with E-state index in [1.165, 1.54) is 0 Å². The summed E-state index contributed by atoms with van der Waals surface area (Å²) in [6.07, 6.45) is 2.21. The number of rotatable bonds is 6. The van der Waals surface area contributed by atoms with Crippen molar-refractivity contribution in [3.05, 3.63) is 0 Å². The summed E-state index contributed by atoms with van der Waals surface area (Å²) in [6.45, 7) is 8.68. The van der Waals surface area contributed by atoms with E-state index in [1.807, 2.05) is 0 Å². The minimum Gasteiger partial charge on any atom is -0.383 e. The predicted octanol–water partition coefficient (Wildman–Crippen LogP) is 1.40. The fourth-order valence-corrected chi connectivity index (χ4v) is 2.74. The molecule has 1 amide bonds. The Hall–Kier alpha value is -0.260. The zero-order chi connectivity index (χ0) is 13.6. The Morgan fingerprint density at radius 3 is 2.72 bits per heavy atom. The lowest BCUT2D eigenvalue weighted by Gasteiger charge is -2.29. The third-order valence-corrected chi connectivity index (χ3v) is 4.29. The van der Waals surface area contributed by atoms with Gasteiger partial charge in [-0.1, -0.05) is 20.8 Å². The highest BCUT2D eigenvalue weighted by Crippen LogP contribution is 2.23. The fourth-order valence-electron chi connectivity index (χ4n) is 2.07. The van der Waals surface area contributed by atoms with E-state index in [9.17, 15) is 4.79 Å². The van der Waals surface area contributed by atoms with Gasteiger partial charge in [0, 0.05) is 18.4 Å². The van der Waals surface area contributed by atoms with Gasteiger partial charge in [0.25, 0.3) is 0 Å². The lowest BCUT2D eigenvalue weighted by molar-refractivity contribution is -0.119. The van der Waals surface area contributed by atoms with Gasteiger partial charge in [0.2, 0.25) is 5.91 Å². The minimum atomic E-state index is -0.0587. The van der Waals surface area contributed by atoms with Gasteiger partial charge in [-0.2, -0.15) is 0 Å². The predicted molar refractivity (Wildman–Crippen MR) is 77.1 cm³/mol. The Balaban J connectivity index is 2.32. The zero-order valence-electron chi connectivity index (χ0n) is 12.0. The van der Waals surface area contributed by atoms with Crippen molar-refractivity contribution in [2.45, 2.75) is 43.9 Å². The molecule has 1 heterocycles. The molecule has 0 aromatic heterocycles. The third-order valence-electron chi connectivity index (χ3n) is 3.01. The number of carbonyl (C=O) groups is 1. The standard InChI is InChI=1S/C13H26N2O2S/c1-12(2,3)18-8-11(16)14-9-13(10-17-4)6-5-7-15-13/h15H,5-10H2,1-4H3,(H,14,16). The van der Waals surface area contributed by atoms with Crippen LogP contribution in [0.1, 0.15) is 33.6 Å². The van der Waals surface area contributed by atoms with Gasteiger partial charge in [-0.15, -0.1) is 11.8 Å². The molecule has 1 fully saturated rings. The van der Waals surface area contributed by atoms with Gasteiger partial charge in [-0.3, -0.25) is 4.79 Å². The van der Waals surface area contributed by atoms with Crippen LogP contribution in [0.4, 0.5) is 0 Å². The summed E-state index contributed by atoms with van der Waals surface area (Å²) in [6, 6.07) is 0. The van der Waals surface area contributed by atoms with Crippen LogP contribution in [0.3, 0.4) is 0 Å².